The topological polar surface area (TPSA) is 64.4 Å². The number of ether oxygens (including phenoxy) is 1. The zero-order chi connectivity index (χ0) is 25.0. The normalized spacial score (nSPS) is 17.3. The molecule has 1 aromatic heterocycles. The summed E-state index contributed by atoms with van der Waals surface area (Å²) in [4.78, 5) is 4.93. The van der Waals surface area contributed by atoms with Crippen LogP contribution in [0.25, 0.3) is 11.0 Å². The van der Waals surface area contributed by atoms with Gasteiger partial charge >= 0.3 is 0 Å². The third-order valence-electron chi connectivity index (χ3n) is 6.18. The third kappa shape index (κ3) is 6.04. The van der Waals surface area contributed by atoms with Crippen molar-refractivity contribution in [3.63, 3.8) is 0 Å². The van der Waals surface area contributed by atoms with Crippen molar-refractivity contribution in [2.75, 3.05) is 26.3 Å². The van der Waals surface area contributed by atoms with Gasteiger partial charge < -0.3 is 9.30 Å². The molecule has 1 saturated heterocycles. The molecule has 1 atom stereocenters. The third-order valence-corrected chi connectivity index (χ3v) is 9.07. The average Bonchev–Trinajstić information content (AvgIpc) is 3.19. The van der Waals surface area contributed by atoms with E-state index in [1.807, 2.05) is 11.5 Å². The maximum Gasteiger partial charge on any atom is 0.243 e. The fourth-order valence-electron chi connectivity index (χ4n) is 4.35. The number of imidazole rings is 1. The first kappa shape index (κ1) is 26.1. The number of hydrogen-bond donors (Lipinski definition) is 0. The Balaban J connectivity index is 1.64. The van der Waals surface area contributed by atoms with Crippen LogP contribution in [0.3, 0.4) is 0 Å². The summed E-state index contributed by atoms with van der Waals surface area (Å²) in [7, 11) is -3.61. The zero-order valence-corrected chi connectivity index (χ0v) is 21.7. The molecule has 0 unspecified atom stereocenters. The van der Waals surface area contributed by atoms with Gasteiger partial charge in [0.15, 0.2) is 5.16 Å². The minimum Gasteiger partial charge on any atom is -0.382 e. The van der Waals surface area contributed by atoms with Gasteiger partial charge in [-0.25, -0.2) is 22.2 Å². The summed E-state index contributed by atoms with van der Waals surface area (Å²) in [5.74, 6) is -0.427. The number of aryl methyl sites for hydroxylation is 1. The zero-order valence-electron chi connectivity index (χ0n) is 20.0. The predicted molar refractivity (Wildman–Crippen MR) is 134 cm³/mol. The first-order valence-electron chi connectivity index (χ1n) is 11.9. The highest BCUT2D eigenvalue weighted by molar-refractivity contribution is 7.98. The van der Waals surface area contributed by atoms with Crippen molar-refractivity contribution in [3.8, 4) is 0 Å². The lowest BCUT2D eigenvalue weighted by molar-refractivity contribution is 0.141. The second kappa shape index (κ2) is 11.4. The van der Waals surface area contributed by atoms with Gasteiger partial charge in [0.2, 0.25) is 10.0 Å². The fraction of sp³-hybridized carbons (Fsp3) is 0.480. The van der Waals surface area contributed by atoms with Crippen molar-refractivity contribution < 1.29 is 21.9 Å². The lowest BCUT2D eigenvalue weighted by Gasteiger charge is -2.30. The summed E-state index contributed by atoms with van der Waals surface area (Å²) in [6.07, 6.45) is 2.63. The van der Waals surface area contributed by atoms with Crippen molar-refractivity contribution >= 4 is 32.8 Å². The Bertz CT molecular complexity index is 1280. The predicted octanol–water partition coefficient (Wildman–Crippen LogP) is 5.45. The number of hydrogen-bond acceptors (Lipinski definition) is 5. The number of piperidine rings is 1. The van der Waals surface area contributed by atoms with Gasteiger partial charge in [-0.1, -0.05) is 18.7 Å². The van der Waals surface area contributed by atoms with Gasteiger partial charge in [0.05, 0.1) is 15.9 Å². The molecule has 0 aliphatic carbocycles. The molecule has 6 nitrogen and oxygen atoms in total. The van der Waals surface area contributed by atoms with E-state index in [1.54, 1.807) is 22.5 Å². The summed E-state index contributed by atoms with van der Waals surface area (Å²) in [5, 5.41) is 0.626. The summed E-state index contributed by atoms with van der Waals surface area (Å²) < 4.78 is 63.4. The molecule has 0 bridgehead atoms. The molecule has 35 heavy (non-hydrogen) atoms. The van der Waals surface area contributed by atoms with E-state index in [2.05, 4.69) is 6.92 Å². The SMILES string of the molecule is CCOCCCn1c(SCc2cc(F)ccc2F)nc2cc(S(=O)(=O)N3CCC[C@@H](C)C3)ccc21. The van der Waals surface area contributed by atoms with Crippen molar-refractivity contribution in [2.45, 2.75) is 55.5 Å². The number of halogens is 2. The molecule has 0 saturated carbocycles. The van der Waals surface area contributed by atoms with Crippen LogP contribution in [0.5, 0.6) is 0 Å². The smallest absolute Gasteiger partial charge is 0.243 e. The van der Waals surface area contributed by atoms with E-state index in [0.29, 0.717) is 49.4 Å². The second-order valence-electron chi connectivity index (χ2n) is 8.88. The van der Waals surface area contributed by atoms with Gasteiger partial charge in [-0.05, 0) is 68.5 Å². The van der Waals surface area contributed by atoms with E-state index in [-0.39, 0.29) is 16.2 Å². The number of fused-ring (bicyclic) bond motifs is 1. The summed E-state index contributed by atoms with van der Waals surface area (Å²) in [6.45, 7) is 6.87. The Morgan fingerprint density at radius 3 is 2.80 bits per heavy atom. The molecule has 4 rings (SSSR count). The van der Waals surface area contributed by atoms with Crippen LogP contribution < -0.4 is 0 Å². The van der Waals surface area contributed by atoms with Crippen LogP contribution in [0.1, 0.15) is 38.7 Å². The summed E-state index contributed by atoms with van der Waals surface area (Å²) in [6, 6.07) is 8.45. The van der Waals surface area contributed by atoms with Crippen LogP contribution in [-0.2, 0) is 27.1 Å². The lowest BCUT2D eigenvalue weighted by Crippen LogP contribution is -2.39. The molecule has 0 radical (unpaired) electrons. The molecule has 1 fully saturated rings. The lowest BCUT2D eigenvalue weighted by atomic mass is 10.0. The molecule has 10 heteroatoms. The Morgan fingerprint density at radius 2 is 2.03 bits per heavy atom. The molecule has 1 aliphatic rings. The number of aromatic nitrogens is 2. The standard InChI is InChI=1S/C25H31F2N3O3S2/c1-3-33-13-5-12-30-24-10-8-21(35(31,32)29-11-4-6-18(2)16-29)15-23(24)28-25(30)34-17-19-14-20(26)7-9-22(19)27/h7-10,14-15,18H,3-6,11-13,16-17H2,1-2H3/t18-/m1/s1. The largest absolute Gasteiger partial charge is 0.382 e. The molecule has 2 aromatic carbocycles. The second-order valence-corrected chi connectivity index (χ2v) is 11.8. The molecule has 0 N–H and O–H groups in total. The van der Waals surface area contributed by atoms with Crippen LogP contribution in [0.15, 0.2) is 46.5 Å². The maximum absolute atomic E-state index is 14.2. The van der Waals surface area contributed by atoms with Crippen molar-refractivity contribution in [2.24, 2.45) is 5.92 Å². The Kier molecular flexibility index (Phi) is 8.46. The fourth-order valence-corrected chi connectivity index (χ4v) is 6.99. The molecule has 2 heterocycles. The van der Waals surface area contributed by atoms with Crippen LogP contribution in [0, 0.1) is 17.6 Å². The maximum atomic E-state index is 14.2. The van der Waals surface area contributed by atoms with Gasteiger partial charge in [0.25, 0.3) is 0 Å². The Morgan fingerprint density at radius 1 is 1.20 bits per heavy atom. The van der Waals surface area contributed by atoms with Crippen LogP contribution in [0.2, 0.25) is 0 Å². The first-order valence-corrected chi connectivity index (χ1v) is 14.4. The van der Waals surface area contributed by atoms with E-state index < -0.39 is 21.7 Å². The first-order chi connectivity index (χ1) is 16.8. The van der Waals surface area contributed by atoms with Gasteiger partial charge in [0.1, 0.15) is 11.6 Å². The summed E-state index contributed by atoms with van der Waals surface area (Å²) in [5.41, 5.74) is 1.62. The van der Waals surface area contributed by atoms with Gasteiger partial charge in [-0.3, -0.25) is 0 Å². The highest BCUT2D eigenvalue weighted by Gasteiger charge is 2.29. The molecule has 0 amide bonds. The summed E-state index contributed by atoms with van der Waals surface area (Å²) >= 11 is 1.30. The monoisotopic (exact) mass is 523 g/mol. The number of sulfonamides is 1. The average molecular weight is 524 g/mol. The van der Waals surface area contributed by atoms with Crippen LogP contribution in [-0.4, -0.2) is 48.6 Å². The van der Waals surface area contributed by atoms with Crippen molar-refractivity contribution in [1.82, 2.24) is 13.9 Å². The Hall–Kier alpha value is -2.01. The molecule has 0 spiro atoms. The molecular formula is C25H31F2N3O3S2. The van der Waals surface area contributed by atoms with Crippen LogP contribution >= 0.6 is 11.8 Å². The minimum absolute atomic E-state index is 0.204. The van der Waals surface area contributed by atoms with E-state index >= 15 is 0 Å². The van der Waals surface area contributed by atoms with Crippen molar-refractivity contribution in [3.05, 3.63) is 53.6 Å². The highest BCUT2D eigenvalue weighted by Crippen LogP contribution is 2.31. The minimum atomic E-state index is -3.61. The van der Waals surface area contributed by atoms with E-state index in [4.69, 9.17) is 9.72 Å². The number of rotatable bonds is 10. The van der Waals surface area contributed by atoms with Crippen molar-refractivity contribution in [1.29, 1.82) is 0 Å². The number of thioether (sulfide) groups is 1. The molecule has 3 aromatic rings. The van der Waals surface area contributed by atoms with E-state index in [1.165, 1.54) is 17.8 Å². The highest BCUT2D eigenvalue weighted by atomic mass is 32.2. The Labute approximate surface area is 209 Å². The van der Waals surface area contributed by atoms with Gasteiger partial charge in [-0.2, -0.15) is 4.31 Å². The molecular weight excluding hydrogens is 492 g/mol. The number of nitrogens with zero attached hydrogens (tertiary/aromatic N) is 3. The number of benzene rings is 2. The van der Waals surface area contributed by atoms with E-state index in [0.717, 1.165) is 36.9 Å². The molecule has 190 valence electrons. The van der Waals surface area contributed by atoms with Gasteiger partial charge in [-0.15, -0.1) is 0 Å². The van der Waals surface area contributed by atoms with Gasteiger partial charge in [0, 0.05) is 44.2 Å². The molecule has 1 aliphatic heterocycles. The van der Waals surface area contributed by atoms with Crippen LogP contribution in [0.4, 0.5) is 8.78 Å². The van der Waals surface area contributed by atoms with E-state index in [9.17, 15) is 17.2 Å². The quantitative estimate of drug-likeness (QED) is 0.261.